The smallest absolute Gasteiger partial charge is 0.174 e. The molecular formula is C11H16O2S. The quantitative estimate of drug-likeness (QED) is 0.698. The van der Waals surface area contributed by atoms with E-state index in [0.717, 1.165) is 16.4 Å². The zero-order valence-electron chi connectivity index (χ0n) is 8.87. The Morgan fingerprint density at radius 2 is 1.86 bits per heavy atom. The summed E-state index contributed by atoms with van der Waals surface area (Å²) in [6, 6.07) is 5.96. The van der Waals surface area contributed by atoms with Crippen LogP contribution in [0.2, 0.25) is 0 Å². The average Bonchev–Trinajstić information content (AvgIpc) is 2.21. The minimum atomic E-state index is 0.664. The van der Waals surface area contributed by atoms with Crippen LogP contribution in [-0.2, 0) is 0 Å². The van der Waals surface area contributed by atoms with E-state index in [1.165, 1.54) is 0 Å². The van der Waals surface area contributed by atoms with E-state index in [0.29, 0.717) is 13.2 Å². The van der Waals surface area contributed by atoms with Gasteiger partial charge in [-0.15, -0.1) is 11.8 Å². The molecule has 0 saturated heterocycles. The summed E-state index contributed by atoms with van der Waals surface area (Å²) in [6.45, 7) is 5.28. The number of ether oxygens (including phenoxy) is 2. The van der Waals surface area contributed by atoms with Crippen molar-refractivity contribution in [2.45, 2.75) is 18.7 Å². The first-order valence-electron chi connectivity index (χ1n) is 4.76. The molecule has 2 nitrogen and oxygen atoms in total. The van der Waals surface area contributed by atoms with Gasteiger partial charge in [0.25, 0.3) is 0 Å². The van der Waals surface area contributed by atoms with Gasteiger partial charge in [-0.3, -0.25) is 0 Å². The van der Waals surface area contributed by atoms with E-state index in [1.807, 2.05) is 38.3 Å². The molecule has 0 aliphatic rings. The van der Waals surface area contributed by atoms with E-state index < -0.39 is 0 Å². The fraction of sp³-hybridized carbons (Fsp3) is 0.455. The molecule has 0 aromatic heterocycles. The summed E-state index contributed by atoms with van der Waals surface area (Å²) in [5, 5.41) is 0. The third-order valence-corrected chi connectivity index (χ3v) is 2.51. The zero-order chi connectivity index (χ0) is 10.4. The van der Waals surface area contributed by atoms with Crippen LogP contribution in [0.3, 0.4) is 0 Å². The third-order valence-electron chi connectivity index (χ3n) is 1.75. The van der Waals surface area contributed by atoms with Crippen molar-refractivity contribution in [1.82, 2.24) is 0 Å². The van der Waals surface area contributed by atoms with Gasteiger partial charge in [0, 0.05) is 0 Å². The maximum Gasteiger partial charge on any atom is 0.174 e. The van der Waals surface area contributed by atoms with Crippen LogP contribution in [0.1, 0.15) is 13.8 Å². The second-order valence-electron chi connectivity index (χ2n) is 2.65. The fourth-order valence-corrected chi connectivity index (χ4v) is 1.77. The average molecular weight is 212 g/mol. The van der Waals surface area contributed by atoms with Crippen LogP contribution in [0.4, 0.5) is 0 Å². The van der Waals surface area contributed by atoms with Gasteiger partial charge in [-0.1, -0.05) is 6.07 Å². The lowest BCUT2D eigenvalue weighted by atomic mass is 10.3. The fourth-order valence-electron chi connectivity index (χ4n) is 1.21. The standard InChI is InChI=1S/C11H16O2S/c1-4-12-9-7-6-8-10(14-3)11(9)13-5-2/h6-8H,4-5H2,1-3H3. The van der Waals surface area contributed by atoms with Crippen LogP contribution in [0, 0.1) is 0 Å². The van der Waals surface area contributed by atoms with E-state index in [4.69, 9.17) is 9.47 Å². The Bertz CT molecular complexity index is 287. The van der Waals surface area contributed by atoms with Gasteiger partial charge in [-0.05, 0) is 32.2 Å². The molecule has 1 aromatic rings. The van der Waals surface area contributed by atoms with Gasteiger partial charge in [-0.2, -0.15) is 0 Å². The molecule has 3 heteroatoms. The van der Waals surface area contributed by atoms with E-state index in [9.17, 15) is 0 Å². The molecule has 0 fully saturated rings. The van der Waals surface area contributed by atoms with Crippen molar-refractivity contribution >= 4 is 11.8 Å². The van der Waals surface area contributed by atoms with Crippen molar-refractivity contribution < 1.29 is 9.47 Å². The minimum absolute atomic E-state index is 0.664. The molecule has 1 aromatic carbocycles. The molecule has 1 rings (SSSR count). The van der Waals surface area contributed by atoms with Crippen LogP contribution >= 0.6 is 11.8 Å². The van der Waals surface area contributed by atoms with Gasteiger partial charge in [0.15, 0.2) is 11.5 Å². The molecule has 0 bridgehead atoms. The summed E-state index contributed by atoms with van der Waals surface area (Å²) < 4.78 is 11.1. The lowest BCUT2D eigenvalue weighted by molar-refractivity contribution is 0.282. The molecule has 0 heterocycles. The highest BCUT2D eigenvalue weighted by Gasteiger charge is 2.08. The summed E-state index contributed by atoms with van der Waals surface area (Å²) in [6.07, 6.45) is 2.04. The first kappa shape index (κ1) is 11.2. The predicted octanol–water partition coefficient (Wildman–Crippen LogP) is 3.21. The van der Waals surface area contributed by atoms with Gasteiger partial charge in [0.2, 0.25) is 0 Å². The zero-order valence-corrected chi connectivity index (χ0v) is 9.69. The van der Waals surface area contributed by atoms with Gasteiger partial charge >= 0.3 is 0 Å². The third kappa shape index (κ3) is 2.58. The van der Waals surface area contributed by atoms with Gasteiger partial charge in [-0.25, -0.2) is 0 Å². The minimum Gasteiger partial charge on any atom is -0.490 e. The first-order chi connectivity index (χ1) is 6.83. The lowest BCUT2D eigenvalue weighted by Crippen LogP contribution is -1.99. The Hall–Kier alpha value is -0.830. The highest BCUT2D eigenvalue weighted by molar-refractivity contribution is 7.98. The van der Waals surface area contributed by atoms with Crippen LogP contribution in [0.5, 0.6) is 11.5 Å². The van der Waals surface area contributed by atoms with Crippen LogP contribution < -0.4 is 9.47 Å². The lowest BCUT2D eigenvalue weighted by Gasteiger charge is -2.13. The number of thioether (sulfide) groups is 1. The monoisotopic (exact) mass is 212 g/mol. The maximum atomic E-state index is 5.57. The summed E-state index contributed by atoms with van der Waals surface area (Å²) in [7, 11) is 0. The molecule has 0 spiro atoms. The topological polar surface area (TPSA) is 18.5 Å². The molecule has 0 atom stereocenters. The van der Waals surface area contributed by atoms with E-state index in [1.54, 1.807) is 11.8 Å². The molecule has 0 aliphatic heterocycles. The SMILES string of the molecule is CCOc1cccc(SC)c1OCC. The molecule has 0 unspecified atom stereocenters. The van der Waals surface area contributed by atoms with Crippen molar-refractivity contribution in [2.75, 3.05) is 19.5 Å². The molecule has 0 N–H and O–H groups in total. The summed E-state index contributed by atoms with van der Waals surface area (Å²) in [5.41, 5.74) is 0. The Labute approximate surface area is 89.6 Å². The molecule has 0 amide bonds. The Balaban J connectivity index is 3.00. The van der Waals surface area contributed by atoms with E-state index >= 15 is 0 Å². The number of hydrogen-bond donors (Lipinski definition) is 0. The van der Waals surface area contributed by atoms with Crippen LogP contribution in [0.25, 0.3) is 0 Å². The Kier molecular flexibility index (Phi) is 4.66. The summed E-state index contributed by atoms with van der Waals surface area (Å²) >= 11 is 1.67. The Morgan fingerprint density at radius 3 is 2.43 bits per heavy atom. The number of hydrogen-bond acceptors (Lipinski definition) is 3. The van der Waals surface area contributed by atoms with E-state index in [-0.39, 0.29) is 0 Å². The molecule has 0 radical (unpaired) electrons. The van der Waals surface area contributed by atoms with Crippen molar-refractivity contribution in [1.29, 1.82) is 0 Å². The van der Waals surface area contributed by atoms with Crippen molar-refractivity contribution in [3.05, 3.63) is 18.2 Å². The summed E-state index contributed by atoms with van der Waals surface area (Å²) in [5.74, 6) is 1.70. The highest BCUT2D eigenvalue weighted by atomic mass is 32.2. The van der Waals surface area contributed by atoms with Gasteiger partial charge in [0.1, 0.15) is 0 Å². The molecular weight excluding hydrogens is 196 g/mol. The van der Waals surface area contributed by atoms with Gasteiger partial charge in [0.05, 0.1) is 18.1 Å². The summed E-state index contributed by atoms with van der Waals surface area (Å²) in [4.78, 5) is 1.12. The normalized spacial score (nSPS) is 9.93. The first-order valence-corrected chi connectivity index (χ1v) is 5.98. The highest BCUT2D eigenvalue weighted by Crippen LogP contribution is 2.36. The van der Waals surface area contributed by atoms with Crippen molar-refractivity contribution in [2.24, 2.45) is 0 Å². The van der Waals surface area contributed by atoms with Crippen LogP contribution in [-0.4, -0.2) is 19.5 Å². The van der Waals surface area contributed by atoms with Crippen molar-refractivity contribution in [3.8, 4) is 11.5 Å². The predicted molar refractivity (Wildman–Crippen MR) is 60.6 cm³/mol. The van der Waals surface area contributed by atoms with Crippen molar-refractivity contribution in [3.63, 3.8) is 0 Å². The maximum absolute atomic E-state index is 5.57. The second-order valence-corrected chi connectivity index (χ2v) is 3.50. The Morgan fingerprint density at radius 1 is 1.14 bits per heavy atom. The molecule has 14 heavy (non-hydrogen) atoms. The van der Waals surface area contributed by atoms with Crippen LogP contribution in [0.15, 0.2) is 23.1 Å². The van der Waals surface area contributed by atoms with Gasteiger partial charge < -0.3 is 9.47 Å². The molecule has 0 aliphatic carbocycles. The van der Waals surface area contributed by atoms with E-state index in [2.05, 4.69) is 0 Å². The second kappa shape index (κ2) is 5.81. The largest absolute Gasteiger partial charge is 0.490 e. The number of benzene rings is 1. The molecule has 78 valence electrons. The number of rotatable bonds is 5. The number of para-hydroxylation sites is 1. The molecule has 0 saturated carbocycles.